The number of carbonyl (C=O) groups is 2. The Morgan fingerprint density at radius 1 is 1.18 bits per heavy atom. The van der Waals surface area contributed by atoms with Crippen molar-refractivity contribution in [3.05, 3.63) is 68.7 Å². The summed E-state index contributed by atoms with van der Waals surface area (Å²) in [7, 11) is 0. The van der Waals surface area contributed by atoms with Gasteiger partial charge >= 0.3 is 5.97 Å². The number of aromatic nitrogens is 1. The van der Waals surface area contributed by atoms with Crippen LogP contribution in [0.15, 0.2) is 41.8 Å². The molecule has 176 valence electrons. The summed E-state index contributed by atoms with van der Waals surface area (Å²) >= 11 is 1.22. The number of nitro groups is 1. The molecule has 1 aromatic heterocycles. The van der Waals surface area contributed by atoms with Crippen molar-refractivity contribution < 1.29 is 28.7 Å². The van der Waals surface area contributed by atoms with Crippen molar-refractivity contribution in [3.8, 4) is 11.5 Å². The van der Waals surface area contributed by atoms with Gasteiger partial charge in [-0.05, 0) is 24.1 Å². The number of hydrogen-bond acceptors (Lipinski definition) is 9. The van der Waals surface area contributed by atoms with Crippen LogP contribution >= 0.6 is 11.3 Å². The summed E-state index contributed by atoms with van der Waals surface area (Å²) in [4.78, 5) is 41.6. The van der Waals surface area contributed by atoms with Crippen molar-refractivity contribution in [2.45, 2.75) is 26.9 Å². The van der Waals surface area contributed by atoms with Crippen molar-refractivity contribution in [1.82, 2.24) is 4.98 Å². The van der Waals surface area contributed by atoms with Crippen LogP contribution in [0.5, 0.6) is 11.5 Å². The summed E-state index contributed by atoms with van der Waals surface area (Å²) in [5.74, 6) is -0.660. The SMILES string of the molecule is CCc1ccc(N(C(C)=O)c2nc(COC(=O)c3cc4c(cc3[N+](=O)[O-])OCCO4)cs2)cc1. The maximum Gasteiger partial charge on any atom is 0.345 e. The van der Waals surface area contributed by atoms with E-state index in [0.29, 0.717) is 16.5 Å². The number of esters is 1. The molecule has 3 aromatic rings. The first kappa shape index (κ1) is 23.2. The van der Waals surface area contributed by atoms with Gasteiger partial charge in [-0.25, -0.2) is 9.78 Å². The topological polar surface area (TPSA) is 121 Å². The van der Waals surface area contributed by atoms with Crippen molar-refractivity contribution in [2.24, 2.45) is 0 Å². The number of hydrogen-bond donors (Lipinski definition) is 0. The molecule has 0 saturated heterocycles. The van der Waals surface area contributed by atoms with Gasteiger partial charge < -0.3 is 14.2 Å². The molecule has 2 heterocycles. The van der Waals surface area contributed by atoms with Crippen molar-refractivity contribution >= 4 is 39.7 Å². The minimum absolute atomic E-state index is 0.204. The van der Waals surface area contributed by atoms with Crippen LogP contribution in [0.4, 0.5) is 16.5 Å². The highest BCUT2D eigenvalue weighted by Gasteiger charge is 2.28. The molecule has 4 rings (SSSR count). The molecule has 10 nitrogen and oxygen atoms in total. The van der Waals surface area contributed by atoms with E-state index in [1.54, 1.807) is 5.38 Å². The van der Waals surface area contributed by atoms with E-state index in [4.69, 9.17) is 14.2 Å². The minimum atomic E-state index is -0.892. The van der Waals surface area contributed by atoms with Crippen molar-refractivity contribution in [2.75, 3.05) is 18.1 Å². The summed E-state index contributed by atoms with van der Waals surface area (Å²) in [6, 6.07) is 9.99. The van der Waals surface area contributed by atoms with Crippen LogP contribution in [0.2, 0.25) is 0 Å². The van der Waals surface area contributed by atoms with E-state index in [0.717, 1.165) is 18.1 Å². The Morgan fingerprint density at radius 2 is 1.85 bits per heavy atom. The second kappa shape index (κ2) is 9.87. The number of rotatable bonds is 7. The Bertz CT molecular complexity index is 1240. The third-order valence-corrected chi connectivity index (χ3v) is 5.95. The monoisotopic (exact) mass is 483 g/mol. The molecule has 0 unspecified atom stereocenters. The number of fused-ring (bicyclic) bond motifs is 1. The van der Waals surface area contributed by atoms with Gasteiger partial charge in [0.1, 0.15) is 25.4 Å². The second-order valence-electron chi connectivity index (χ2n) is 7.34. The highest BCUT2D eigenvalue weighted by Crippen LogP contribution is 2.37. The molecule has 1 amide bonds. The van der Waals surface area contributed by atoms with Crippen LogP contribution in [0, 0.1) is 10.1 Å². The number of nitro benzene ring substituents is 1. The lowest BCUT2D eigenvalue weighted by Crippen LogP contribution is -2.22. The lowest BCUT2D eigenvalue weighted by Gasteiger charge is -2.18. The summed E-state index contributed by atoms with van der Waals surface area (Å²) < 4.78 is 16.1. The van der Waals surface area contributed by atoms with Gasteiger partial charge in [-0.15, -0.1) is 11.3 Å². The van der Waals surface area contributed by atoms with Gasteiger partial charge in [0, 0.05) is 18.4 Å². The van der Waals surface area contributed by atoms with Gasteiger partial charge in [0.05, 0.1) is 22.4 Å². The number of carbonyl (C=O) groups excluding carboxylic acids is 2. The Kier molecular flexibility index (Phi) is 6.73. The fraction of sp³-hybridized carbons (Fsp3) is 0.261. The zero-order valence-electron chi connectivity index (χ0n) is 18.5. The fourth-order valence-electron chi connectivity index (χ4n) is 3.38. The predicted octanol–water partition coefficient (Wildman–Crippen LogP) is 4.43. The Labute approximate surface area is 198 Å². The van der Waals surface area contributed by atoms with Gasteiger partial charge in [0.25, 0.3) is 5.69 Å². The normalized spacial score (nSPS) is 12.2. The number of amides is 1. The van der Waals surface area contributed by atoms with Crippen molar-refractivity contribution in [3.63, 3.8) is 0 Å². The van der Waals surface area contributed by atoms with E-state index in [9.17, 15) is 19.7 Å². The van der Waals surface area contributed by atoms with Crippen LogP contribution < -0.4 is 14.4 Å². The number of aryl methyl sites for hydroxylation is 1. The summed E-state index contributed by atoms with van der Waals surface area (Å²) in [5.41, 5.74) is 1.55. The molecule has 0 atom stereocenters. The van der Waals surface area contributed by atoms with Gasteiger partial charge in [0.2, 0.25) is 5.91 Å². The molecule has 0 N–H and O–H groups in total. The van der Waals surface area contributed by atoms with E-state index in [2.05, 4.69) is 4.98 Å². The summed E-state index contributed by atoms with van der Waals surface area (Å²) in [5, 5.41) is 13.5. The first-order valence-corrected chi connectivity index (χ1v) is 11.3. The molecule has 11 heteroatoms. The molecular weight excluding hydrogens is 462 g/mol. The molecule has 34 heavy (non-hydrogen) atoms. The Balaban J connectivity index is 1.51. The van der Waals surface area contributed by atoms with Gasteiger partial charge in [-0.2, -0.15) is 0 Å². The number of benzene rings is 2. The summed E-state index contributed by atoms with van der Waals surface area (Å²) in [6.07, 6.45) is 0.884. The average molecular weight is 484 g/mol. The molecule has 0 spiro atoms. The molecule has 0 radical (unpaired) electrons. The molecule has 0 bridgehead atoms. The van der Waals surface area contributed by atoms with E-state index >= 15 is 0 Å². The first-order valence-electron chi connectivity index (χ1n) is 10.5. The lowest BCUT2D eigenvalue weighted by atomic mass is 10.1. The first-order chi connectivity index (χ1) is 16.4. The lowest BCUT2D eigenvalue weighted by molar-refractivity contribution is -0.385. The third-order valence-electron chi connectivity index (χ3n) is 5.08. The standard InChI is InChI=1S/C23H21N3O7S/c1-3-15-4-6-17(7-5-15)25(14(2)27)23-24-16(13-34-23)12-33-22(28)18-10-20-21(32-9-8-31-20)11-19(18)26(29)30/h4-7,10-11,13H,3,8-9,12H2,1-2H3. The van der Waals surface area contributed by atoms with Crippen LogP contribution in [-0.4, -0.2) is 35.0 Å². The quantitative estimate of drug-likeness (QED) is 0.275. The van der Waals surface area contributed by atoms with Crippen molar-refractivity contribution in [1.29, 1.82) is 0 Å². The zero-order valence-corrected chi connectivity index (χ0v) is 19.3. The van der Waals surface area contributed by atoms with Gasteiger partial charge in [0.15, 0.2) is 16.6 Å². The molecule has 0 fully saturated rings. The highest BCUT2D eigenvalue weighted by atomic mass is 32.1. The second-order valence-corrected chi connectivity index (χ2v) is 8.18. The number of ether oxygens (including phenoxy) is 3. The molecule has 0 aliphatic carbocycles. The average Bonchev–Trinajstić information content (AvgIpc) is 3.30. The molecule has 2 aromatic carbocycles. The molecule has 1 aliphatic rings. The third kappa shape index (κ3) is 4.84. The van der Waals surface area contributed by atoms with Crippen LogP contribution in [0.1, 0.15) is 35.5 Å². The molecule has 0 saturated carbocycles. The highest BCUT2D eigenvalue weighted by molar-refractivity contribution is 7.14. The summed E-state index contributed by atoms with van der Waals surface area (Å²) in [6.45, 7) is 3.80. The molecule has 1 aliphatic heterocycles. The molecular formula is C23H21N3O7S. The Morgan fingerprint density at radius 3 is 2.47 bits per heavy atom. The number of thiazole rings is 1. The zero-order chi connectivity index (χ0) is 24.2. The fourth-order valence-corrected chi connectivity index (χ4v) is 4.25. The maximum atomic E-state index is 12.6. The minimum Gasteiger partial charge on any atom is -0.486 e. The van der Waals surface area contributed by atoms with Crippen LogP contribution in [0.3, 0.4) is 0 Å². The van der Waals surface area contributed by atoms with Crippen LogP contribution in [0.25, 0.3) is 0 Å². The van der Waals surface area contributed by atoms with E-state index in [-0.39, 0.29) is 42.8 Å². The largest absolute Gasteiger partial charge is 0.486 e. The predicted molar refractivity (Wildman–Crippen MR) is 124 cm³/mol. The van der Waals surface area contributed by atoms with E-state index in [1.165, 1.54) is 29.2 Å². The van der Waals surface area contributed by atoms with Crippen LogP contribution in [-0.2, 0) is 22.6 Å². The maximum absolute atomic E-state index is 12.6. The van der Waals surface area contributed by atoms with Gasteiger partial charge in [-0.3, -0.25) is 19.8 Å². The Hall–Kier alpha value is -3.99. The number of nitrogens with zero attached hydrogens (tertiary/aromatic N) is 3. The van der Waals surface area contributed by atoms with E-state index in [1.807, 2.05) is 31.2 Å². The number of anilines is 2. The van der Waals surface area contributed by atoms with E-state index < -0.39 is 16.6 Å². The smallest absolute Gasteiger partial charge is 0.345 e. The van der Waals surface area contributed by atoms with Gasteiger partial charge in [-0.1, -0.05) is 19.1 Å².